The maximum absolute atomic E-state index is 13.5. The summed E-state index contributed by atoms with van der Waals surface area (Å²) in [6.07, 6.45) is 6.55. The molecule has 0 spiro atoms. The highest BCUT2D eigenvalue weighted by molar-refractivity contribution is 7.92. The summed E-state index contributed by atoms with van der Waals surface area (Å²) in [7, 11) is -3.59. The van der Waals surface area contributed by atoms with Gasteiger partial charge in [0.2, 0.25) is 21.8 Å². The SMILES string of the molecule is CC(C(=O)NC1CCCCC1)N(Cc1c(Cl)cccc1Cl)C(=O)CCCN(c1ccc(Cl)cc1)S(C)(=O)=O. The monoisotopic (exact) mass is 601 g/mol. The first-order chi connectivity index (χ1) is 18.0. The van der Waals surface area contributed by atoms with Gasteiger partial charge in [0, 0.05) is 46.2 Å². The summed E-state index contributed by atoms with van der Waals surface area (Å²) in [5.74, 6) is -0.524. The van der Waals surface area contributed by atoms with Crippen LogP contribution >= 0.6 is 34.8 Å². The number of carbonyl (C=O) groups excluding carboxylic acids is 2. The van der Waals surface area contributed by atoms with Gasteiger partial charge in [-0.1, -0.05) is 60.1 Å². The quantitative estimate of drug-likeness (QED) is 0.339. The molecule has 2 aromatic carbocycles. The topological polar surface area (TPSA) is 86.8 Å². The Morgan fingerprint density at radius 3 is 2.18 bits per heavy atom. The number of nitrogens with zero attached hydrogens (tertiary/aromatic N) is 2. The number of hydrogen-bond donors (Lipinski definition) is 1. The largest absolute Gasteiger partial charge is 0.352 e. The summed E-state index contributed by atoms with van der Waals surface area (Å²) in [6.45, 7) is 1.84. The fourth-order valence-electron chi connectivity index (χ4n) is 4.62. The second-order valence-electron chi connectivity index (χ2n) is 9.66. The first-order valence-corrected chi connectivity index (χ1v) is 15.7. The molecule has 38 heavy (non-hydrogen) atoms. The van der Waals surface area contributed by atoms with Crippen molar-refractivity contribution in [3.8, 4) is 0 Å². The summed E-state index contributed by atoms with van der Waals surface area (Å²) in [6, 6.07) is 10.9. The predicted molar refractivity (Wildman–Crippen MR) is 154 cm³/mol. The molecule has 0 aliphatic heterocycles. The van der Waals surface area contributed by atoms with Crippen LogP contribution in [0.2, 0.25) is 15.1 Å². The third-order valence-corrected chi connectivity index (χ3v) is 8.93. The van der Waals surface area contributed by atoms with E-state index in [-0.39, 0.29) is 43.8 Å². The lowest BCUT2D eigenvalue weighted by atomic mass is 9.95. The first kappa shape index (κ1) is 30.5. The maximum atomic E-state index is 13.5. The van der Waals surface area contributed by atoms with Crippen molar-refractivity contribution in [2.45, 2.75) is 70.5 Å². The van der Waals surface area contributed by atoms with Crippen LogP contribution < -0.4 is 9.62 Å². The van der Waals surface area contributed by atoms with Gasteiger partial charge < -0.3 is 10.2 Å². The molecule has 0 radical (unpaired) electrons. The average molecular weight is 603 g/mol. The molecule has 1 N–H and O–H groups in total. The zero-order valence-corrected chi connectivity index (χ0v) is 24.7. The number of sulfonamides is 1. The molecule has 0 heterocycles. The summed E-state index contributed by atoms with van der Waals surface area (Å²) < 4.78 is 26.1. The standard InChI is InChI=1S/C27H34Cl3N3O4S/c1-19(27(35)31-21-8-4-3-5-9-21)32(18-23-24(29)10-6-11-25(23)30)26(34)12-7-17-33(38(2,36)37)22-15-13-20(28)14-16-22/h6,10-11,13-16,19,21H,3-5,7-9,12,17-18H2,1-2H3,(H,31,35). The minimum Gasteiger partial charge on any atom is -0.352 e. The molecule has 1 unspecified atom stereocenters. The summed E-state index contributed by atoms with van der Waals surface area (Å²) in [5.41, 5.74) is 1.02. The third kappa shape index (κ3) is 8.50. The molecule has 1 saturated carbocycles. The van der Waals surface area contributed by atoms with Gasteiger partial charge in [-0.3, -0.25) is 13.9 Å². The van der Waals surface area contributed by atoms with Gasteiger partial charge in [-0.05, 0) is 62.6 Å². The second-order valence-corrected chi connectivity index (χ2v) is 12.8. The molecule has 3 rings (SSSR count). The molecule has 0 saturated heterocycles. The van der Waals surface area contributed by atoms with Crippen molar-refractivity contribution in [1.29, 1.82) is 0 Å². The Kier molecular flexibility index (Phi) is 11.2. The smallest absolute Gasteiger partial charge is 0.242 e. The predicted octanol–water partition coefficient (Wildman–Crippen LogP) is 6.06. The zero-order valence-electron chi connectivity index (χ0n) is 21.6. The van der Waals surface area contributed by atoms with Crippen LogP contribution in [-0.2, 0) is 26.2 Å². The van der Waals surface area contributed by atoms with Gasteiger partial charge in [0.15, 0.2) is 0 Å². The van der Waals surface area contributed by atoms with Gasteiger partial charge in [-0.15, -0.1) is 0 Å². The second kappa shape index (κ2) is 13.9. The van der Waals surface area contributed by atoms with Crippen molar-refractivity contribution in [2.75, 3.05) is 17.1 Å². The lowest BCUT2D eigenvalue weighted by Crippen LogP contribution is -2.50. The van der Waals surface area contributed by atoms with Gasteiger partial charge in [0.1, 0.15) is 6.04 Å². The summed E-state index contributed by atoms with van der Waals surface area (Å²) >= 11 is 18.7. The number of carbonyl (C=O) groups is 2. The van der Waals surface area contributed by atoms with Crippen LogP contribution in [0.15, 0.2) is 42.5 Å². The molecule has 2 amide bonds. The summed E-state index contributed by atoms with van der Waals surface area (Å²) in [5, 5.41) is 4.39. The first-order valence-electron chi connectivity index (χ1n) is 12.7. The molecule has 0 bridgehead atoms. The van der Waals surface area contributed by atoms with Crippen LogP contribution in [0.1, 0.15) is 57.4 Å². The molecule has 208 valence electrons. The van der Waals surface area contributed by atoms with Crippen molar-refractivity contribution in [2.24, 2.45) is 0 Å². The molecule has 1 atom stereocenters. The fourth-order valence-corrected chi connectivity index (χ4v) is 6.22. The molecule has 0 aromatic heterocycles. The van der Waals surface area contributed by atoms with Crippen LogP contribution in [0.3, 0.4) is 0 Å². The molecular formula is C27H34Cl3N3O4S. The minimum atomic E-state index is -3.59. The van der Waals surface area contributed by atoms with Gasteiger partial charge >= 0.3 is 0 Å². The van der Waals surface area contributed by atoms with E-state index in [2.05, 4.69) is 5.32 Å². The number of amides is 2. The zero-order chi connectivity index (χ0) is 27.9. The molecule has 11 heteroatoms. The van der Waals surface area contributed by atoms with E-state index < -0.39 is 16.1 Å². The van der Waals surface area contributed by atoms with Crippen LogP contribution in [0, 0.1) is 0 Å². The Labute approximate surface area is 240 Å². The fraction of sp³-hybridized carbons (Fsp3) is 0.481. The van der Waals surface area contributed by atoms with Crippen molar-refractivity contribution >= 4 is 62.3 Å². The van der Waals surface area contributed by atoms with E-state index in [9.17, 15) is 18.0 Å². The van der Waals surface area contributed by atoms with Gasteiger partial charge in [0.05, 0.1) is 11.9 Å². The van der Waals surface area contributed by atoms with Crippen LogP contribution in [0.4, 0.5) is 5.69 Å². The van der Waals surface area contributed by atoms with E-state index in [1.807, 2.05) is 0 Å². The number of rotatable bonds is 11. The van der Waals surface area contributed by atoms with Crippen LogP contribution in [0.25, 0.3) is 0 Å². The Hall–Kier alpha value is -2.00. The van der Waals surface area contributed by atoms with Crippen molar-refractivity contribution in [1.82, 2.24) is 10.2 Å². The molecule has 2 aromatic rings. The third-order valence-electron chi connectivity index (χ3n) is 6.78. The van der Waals surface area contributed by atoms with E-state index in [0.717, 1.165) is 38.4 Å². The molecule has 7 nitrogen and oxygen atoms in total. The highest BCUT2D eigenvalue weighted by Gasteiger charge is 2.29. The molecule has 1 aliphatic carbocycles. The highest BCUT2D eigenvalue weighted by Crippen LogP contribution is 2.27. The van der Waals surface area contributed by atoms with Gasteiger partial charge in [0.25, 0.3) is 0 Å². The number of halogens is 3. The number of nitrogens with one attached hydrogen (secondary N) is 1. The Morgan fingerprint density at radius 2 is 1.61 bits per heavy atom. The summed E-state index contributed by atoms with van der Waals surface area (Å²) in [4.78, 5) is 28.1. The van der Waals surface area contributed by atoms with E-state index in [0.29, 0.717) is 26.3 Å². The van der Waals surface area contributed by atoms with Crippen molar-refractivity contribution in [3.63, 3.8) is 0 Å². The van der Waals surface area contributed by atoms with E-state index >= 15 is 0 Å². The van der Waals surface area contributed by atoms with E-state index in [1.54, 1.807) is 49.4 Å². The Morgan fingerprint density at radius 1 is 1.00 bits per heavy atom. The average Bonchev–Trinajstić information content (AvgIpc) is 2.86. The Balaban J connectivity index is 1.75. The van der Waals surface area contributed by atoms with Crippen molar-refractivity contribution in [3.05, 3.63) is 63.1 Å². The van der Waals surface area contributed by atoms with E-state index in [1.165, 1.54) is 9.21 Å². The van der Waals surface area contributed by atoms with Gasteiger partial charge in [-0.2, -0.15) is 0 Å². The molecule has 1 fully saturated rings. The normalized spacial score (nSPS) is 15.1. The van der Waals surface area contributed by atoms with Crippen molar-refractivity contribution < 1.29 is 18.0 Å². The lowest BCUT2D eigenvalue weighted by molar-refractivity contribution is -0.141. The minimum absolute atomic E-state index is 0.0305. The Bertz CT molecular complexity index is 1200. The molecular weight excluding hydrogens is 569 g/mol. The highest BCUT2D eigenvalue weighted by atomic mass is 35.5. The maximum Gasteiger partial charge on any atom is 0.242 e. The van der Waals surface area contributed by atoms with Crippen LogP contribution in [-0.4, -0.2) is 50.0 Å². The number of benzene rings is 2. The van der Waals surface area contributed by atoms with E-state index in [4.69, 9.17) is 34.8 Å². The van der Waals surface area contributed by atoms with Gasteiger partial charge in [-0.25, -0.2) is 8.42 Å². The number of anilines is 1. The lowest BCUT2D eigenvalue weighted by Gasteiger charge is -2.32. The van der Waals surface area contributed by atoms with Crippen LogP contribution in [0.5, 0.6) is 0 Å². The molecule has 1 aliphatic rings. The number of hydrogen-bond acceptors (Lipinski definition) is 4.